The largest absolute Gasteiger partial charge is 0.435 e. The summed E-state index contributed by atoms with van der Waals surface area (Å²) in [6.45, 7) is -0.752. The fourth-order valence-electron chi connectivity index (χ4n) is 2.80. The molecule has 138 valence electrons. The Labute approximate surface area is 155 Å². The lowest BCUT2D eigenvalue weighted by molar-refractivity contribution is -0.0498. The summed E-state index contributed by atoms with van der Waals surface area (Å²) in [7, 11) is 2.00. The molecular weight excluding hydrogens is 370 g/mol. The smallest absolute Gasteiger partial charge is 0.387 e. The summed E-state index contributed by atoms with van der Waals surface area (Å²) in [6, 6.07) is 6.68. The van der Waals surface area contributed by atoms with Crippen LogP contribution >= 0.6 is 24.2 Å². The van der Waals surface area contributed by atoms with Gasteiger partial charge in [0, 0.05) is 18.7 Å². The van der Waals surface area contributed by atoms with Crippen molar-refractivity contribution in [3.8, 4) is 5.75 Å². The molecule has 2 aromatic rings. The molecule has 1 N–H and O–H groups in total. The summed E-state index contributed by atoms with van der Waals surface area (Å²) in [5.74, 6) is 2.38. The topological polar surface area (TPSA) is 52.0 Å². The number of rotatable bonds is 6. The summed E-state index contributed by atoms with van der Waals surface area (Å²) in [5.41, 5.74) is 1.02. The lowest BCUT2D eigenvalue weighted by Crippen LogP contribution is -2.27. The van der Waals surface area contributed by atoms with Crippen molar-refractivity contribution in [3.63, 3.8) is 0 Å². The molecule has 1 fully saturated rings. The van der Waals surface area contributed by atoms with Crippen LogP contribution in [-0.2, 0) is 12.8 Å². The Morgan fingerprint density at radius 1 is 1.24 bits per heavy atom. The third-order valence-corrected chi connectivity index (χ3v) is 5.18. The van der Waals surface area contributed by atoms with Gasteiger partial charge in [-0.25, -0.2) is 0 Å². The minimum atomic E-state index is -2.79. The first-order valence-corrected chi connectivity index (χ1v) is 8.88. The predicted molar refractivity (Wildman–Crippen MR) is 95.7 cm³/mol. The number of thioether (sulfide) groups is 1. The van der Waals surface area contributed by atoms with Gasteiger partial charge in [-0.2, -0.15) is 8.78 Å². The summed E-state index contributed by atoms with van der Waals surface area (Å²) in [5, 5.41) is 12.9. The van der Waals surface area contributed by atoms with Crippen molar-refractivity contribution in [2.75, 3.05) is 13.1 Å². The average molecular weight is 391 g/mol. The number of ether oxygens (including phenoxy) is 1. The van der Waals surface area contributed by atoms with E-state index < -0.39 is 6.61 Å². The Morgan fingerprint density at radius 2 is 1.92 bits per heavy atom. The zero-order chi connectivity index (χ0) is 16.9. The van der Waals surface area contributed by atoms with Gasteiger partial charge >= 0.3 is 6.61 Å². The molecule has 0 aliphatic carbocycles. The first kappa shape index (κ1) is 19.9. The van der Waals surface area contributed by atoms with E-state index in [1.165, 1.54) is 0 Å². The van der Waals surface area contributed by atoms with Crippen molar-refractivity contribution in [2.24, 2.45) is 7.05 Å². The highest BCUT2D eigenvalue weighted by Crippen LogP contribution is 2.28. The Kier molecular flexibility index (Phi) is 7.46. The maximum Gasteiger partial charge on any atom is 0.387 e. The highest BCUT2D eigenvalue weighted by atomic mass is 35.5. The van der Waals surface area contributed by atoms with E-state index in [0.29, 0.717) is 11.7 Å². The van der Waals surface area contributed by atoms with Crippen LogP contribution < -0.4 is 10.1 Å². The van der Waals surface area contributed by atoms with Crippen LogP contribution in [0.5, 0.6) is 5.75 Å². The molecule has 0 spiro atoms. The molecule has 3 rings (SSSR count). The monoisotopic (exact) mass is 390 g/mol. The first-order chi connectivity index (χ1) is 11.6. The van der Waals surface area contributed by atoms with Crippen LogP contribution in [0.15, 0.2) is 29.4 Å². The normalized spacial score (nSPS) is 15.2. The Morgan fingerprint density at radius 3 is 2.56 bits per heavy atom. The van der Waals surface area contributed by atoms with E-state index in [4.69, 9.17) is 0 Å². The Bertz CT molecular complexity index is 663. The highest BCUT2D eigenvalue weighted by molar-refractivity contribution is 7.98. The fraction of sp³-hybridized carbons (Fsp3) is 0.500. The number of hydrogen-bond donors (Lipinski definition) is 1. The van der Waals surface area contributed by atoms with Gasteiger partial charge in [-0.1, -0.05) is 23.9 Å². The number of nitrogens with one attached hydrogen (secondary N) is 1. The van der Waals surface area contributed by atoms with Gasteiger partial charge in [0.15, 0.2) is 5.16 Å². The summed E-state index contributed by atoms with van der Waals surface area (Å²) < 4.78 is 30.7. The zero-order valence-corrected chi connectivity index (χ0v) is 15.5. The second-order valence-corrected chi connectivity index (χ2v) is 6.68. The van der Waals surface area contributed by atoms with Gasteiger partial charge in [-0.15, -0.1) is 22.6 Å². The molecule has 1 aromatic heterocycles. The lowest BCUT2D eigenvalue weighted by Gasteiger charge is -2.21. The molecule has 0 bridgehead atoms. The van der Waals surface area contributed by atoms with Crippen molar-refractivity contribution in [1.82, 2.24) is 20.1 Å². The quantitative estimate of drug-likeness (QED) is 0.764. The van der Waals surface area contributed by atoms with Crippen molar-refractivity contribution >= 4 is 24.2 Å². The molecule has 1 aliphatic rings. The van der Waals surface area contributed by atoms with E-state index in [2.05, 4.69) is 24.8 Å². The van der Waals surface area contributed by atoms with E-state index in [1.54, 1.807) is 36.0 Å². The number of hydrogen-bond acceptors (Lipinski definition) is 5. The summed E-state index contributed by atoms with van der Waals surface area (Å²) in [4.78, 5) is 0. The second kappa shape index (κ2) is 9.35. The predicted octanol–water partition coefficient (Wildman–Crippen LogP) is 3.60. The molecule has 0 radical (unpaired) electrons. The number of piperidine rings is 1. The van der Waals surface area contributed by atoms with Gasteiger partial charge in [0.1, 0.15) is 11.6 Å². The van der Waals surface area contributed by atoms with E-state index in [1.807, 2.05) is 7.05 Å². The van der Waals surface area contributed by atoms with Crippen LogP contribution in [0.2, 0.25) is 0 Å². The zero-order valence-electron chi connectivity index (χ0n) is 13.8. The maximum atomic E-state index is 12.1. The van der Waals surface area contributed by atoms with E-state index in [9.17, 15) is 8.78 Å². The lowest BCUT2D eigenvalue weighted by atomic mass is 9.97. The third-order valence-electron chi connectivity index (χ3n) is 4.09. The summed E-state index contributed by atoms with van der Waals surface area (Å²) in [6.07, 6.45) is 2.17. The SMILES string of the molecule is Cl.Cn1c(SCc2ccc(OC(F)F)cc2)nnc1C1CCNCC1. The van der Waals surface area contributed by atoms with Crippen LogP contribution in [0, 0.1) is 0 Å². The van der Waals surface area contributed by atoms with E-state index in [0.717, 1.165) is 42.5 Å². The molecule has 1 saturated heterocycles. The molecule has 0 unspecified atom stereocenters. The number of benzene rings is 1. The maximum absolute atomic E-state index is 12.1. The van der Waals surface area contributed by atoms with Crippen molar-refractivity contribution in [1.29, 1.82) is 0 Å². The molecule has 1 aliphatic heterocycles. The fourth-order valence-corrected chi connectivity index (χ4v) is 3.68. The van der Waals surface area contributed by atoms with Gasteiger partial charge in [0.2, 0.25) is 0 Å². The van der Waals surface area contributed by atoms with Gasteiger partial charge in [0.05, 0.1) is 0 Å². The molecular formula is C16H21ClF2N4OS. The molecule has 0 atom stereocenters. The van der Waals surface area contributed by atoms with Gasteiger partial charge < -0.3 is 14.6 Å². The number of aromatic nitrogens is 3. The molecule has 0 saturated carbocycles. The number of nitrogens with zero attached hydrogens (tertiary/aromatic N) is 3. The molecule has 2 heterocycles. The molecule has 9 heteroatoms. The molecule has 5 nitrogen and oxygen atoms in total. The van der Waals surface area contributed by atoms with Crippen molar-refractivity contribution in [3.05, 3.63) is 35.7 Å². The third kappa shape index (κ3) is 5.29. The van der Waals surface area contributed by atoms with Crippen LogP contribution in [0.25, 0.3) is 0 Å². The highest BCUT2D eigenvalue weighted by Gasteiger charge is 2.21. The molecule has 25 heavy (non-hydrogen) atoms. The van der Waals surface area contributed by atoms with Gasteiger partial charge in [-0.05, 0) is 43.6 Å². The van der Waals surface area contributed by atoms with Crippen LogP contribution in [0.4, 0.5) is 8.78 Å². The minimum absolute atomic E-state index is 0. The van der Waals surface area contributed by atoms with E-state index in [-0.39, 0.29) is 18.2 Å². The van der Waals surface area contributed by atoms with Crippen LogP contribution in [-0.4, -0.2) is 34.5 Å². The van der Waals surface area contributed by atoms with Crippen molar-refractivity contribution in [2.45, 2.75) is 36.3 Å². The van der Waals surface area contributed by atoms with Gasteiger partial charge in [-0.3, -0.25) is 0 Å². The average Bonchev–Trinajstić information content (AvgIpc) is 2.95. The number of alkyl halides is 2. The Balaban J connectivity index is 0.00000225. The van der Waals surface area contributed by atoms with Crippen molar-refractivity contribution < 1.29 is 13.5 Å². The summed E-state index contributed by atoms with van der Waals surface area (Å²) >= 11 is 1.59. The van der Waals surface area contributed by atoms with Gasteiger partial charge in [0.25, 0.3) is 0 Å². The van der Waals surface area contributed by atoms with E-state index >= 15 is 0 Å². The standard InChI is InChI=1S/C16H20F2N4OS.ClH/c1-22-14(12-6-8-19-9-7-12)20-21-16(22)24-10-11-2-4-13(5-3-11)23-15(17)18;/h2-5,12,15,19H,6-10H2,1H3;1H. The molecule has 1 aromatic carbocycles. The number of halogens is 3. The second-order valence-electron chi connectivity index (χ2n) is 5.74. The van der Waals surface area contributed by atoms with Crippen LogP contribution in [0.3, 0.4) is 0 Å². The minimum Gasteiger partial charge on any atom is -0.435 e. The first-order valence-electron chi connectivity index (χ1n) is 7.90. The van der Waals surface area contributed by atoms with Crippen LogP contribution in [0.1, 0.15) is 30.1 Å². The molecule has 0 amide bonds. The Hall–Kier alpha value is -1.38.